The number of aliphatic hydroxyl groups is 3. The number of hydrogen-bond acceptors (Lipinski definition) is 10. The van der Waals surface area contributed by atoms with E-state index in [9.17, 15) is 24.9 Å². The summed E-state index contributed by atoms with van der Waals surface area (Å²) in [6.45, 7) is 18.2. The molecule has 254 valence electrons. The first kappa shape index (κ1) is 34.9. The molecule has 3 N–H and O–H groups in total. The summed E-state index contributed by atoms with van der Waals surface area (Å²) < 4.78 is 25.6. The average molecular weight is 659 g/mol. The van der Waals surface area contributed by atoms with Crippen molar-refractivity contribution in [2.75, 3.05) is 6.61 Å². The van der Waals surface area contributed by atoms with Crippen LogP contribution in [0.25, 0.3) is 0 Å². The van der Waals surface area contributed by atoms with Gasteiger partial charge in [-0.25, -0.2) is 4.79 Å². The van der Waals surface area contributed by atoms with Crippen LogP contribution in [-0.4, -0.2) is 89.7 Å². The molecule has 1 aliphatic heterocycles. The third kappa shape index (κ3) is 4.87. The standard InChI is InChI=1S/C35H50O10Si/c1-19-22(37)17-35(41)29(43-30(40)21-14-12-11-13-15-21)27-33(8,28(39)26(38)25(19)32(35,6)7)23(45-46(9,10)31(3,4)5)16-24-34(27,18-42-24)44-20(2)36/h11-15,22-24,26-27,29,37-38,41H,16-18H2,1-10H3/t22-,23-,24+,26+,27?,29?,33+,34-,35+/m0/s1. The van der Waals surface area contributed by atoms with Crippen molar-refractivity contribution in [3.05, 3.63) is 47.0 Å². The molecule has 2 bridgehead atoms. The Morgan fingerprint density at radius 1 is 1.07 bits per heavy atom. The van der Waals surface area contributed by atoms with Crippen LogP contribution in [0.15, 0.2) is 41.5 Å². The second kappa shape index (κ2) is 11.1. The van der Waals surface area contributed by atoms with Crippen LogP contribution in [0.2, 0.25) is 18.1 Å². The van der Waals surface area contributed by atoms with E-state index in [1.165, 1.54) is 6.92 Å². The maximum Gasteiger partial charge on any atom is 0.338 e. The summed E-state index contributed by atoms with van der Waals surface area (Å²) in [5.41, 5.74) is -5.79. The first-order chi connectivity index (χ1) is 21.1. The van der Waals surface area contributed by atoms with Gasteiger partial charge in [-0.15, -0.1) is 0 Å². The smallest absolute Gasteiger partial charge is 0.338 e. The third-order valence-corrected chi connectivity index (χ3v) is 16.6. The highest BCUT2D eigenvalue weighted by atomic mass is 28.4. The van der Waals surface area contributed by atoms with Crippen LogP contribution in [0.5, 0.6) is 0 Å². The molecule has 0 radical (unpaired) electrons. The third-order valence-electron chi connectivity index (χ3n) is 12.2. The number of esters is 2. The molecule has 3 aliphatic carbocycles. The number of Topliss-reactive ketones (excluding diaryl/α,β-unsaturated/α-hetero) is 1. The lowest BCUT2D eigenvalue weighted by atomic mass is 9.44. The van der Waals surface area contributed by atoms with Gasteiger partial charge in [-0.3, -0.25) is 9.59 Å². The average Bonchev–Trinajstić information content (AvgIpc) is 2.94. The van der Waals surface area contributed by atoms with Crippen molar-refractivity contribution in [1.29, 1.82) is 0 Å². The number of hydrogen-bond donors (Lipinski definition) is 3. The minimum absolute atomic E-state index is 0.117. The molecule has 9 atom stereocenters. The van der Waals surface area contributed by atoms with E-state index in [1.54, 1.807) is 58.0 Å². The molecule has 0 aromatic heterocycles. The molecule has 3 fully saturated rings. The Hall–Kier alpha value is -2.41. The maximum absolute atomic E-state index is 15.1. The summed E-state index contributed by atoms with van der Waals surface area (Å²) in [6, 6.07) is 8.30. The van der Waals surface area contributed by atoms with Crippen LogP contribution >= 0.6 is 0 Å². The minimum Gasteiger partial charge on any atom is -0.455 e. The Bertz CT molecular complexity index is 1450. The fourth-order valence-electron chi connectivity index (χ4n) is 8.34. The van der Waals surface area contributed by atoms with Crippen molar-refractivity contribution in [2.45, 2.75) is 128 Å². The number of rotatable bonds is 5. The van der Waals surface area contributed by atoms with Crippen molar-refractivity contribution >= 4 is 26.0 Å². The van der Waals surface area contributed by atoms with E-state index in [0.29, 0.717) is 5.57 Å². The zero-order valence-corrected chi connectivity index (χ0v) is 29.7. The van der Waals surface area contributed by atoms with Crippen molar-refractivity contribution in [3.63, 3.8) is 0 Å². The van der Waals surface area contributed by atoms with E-state index in [4.69, 9.17) is 18.6 Å². The van der Waals surface area contributed by atoms with Crippen LogP contribution in [0, 0.1) is 16.7 Å². The predicted molar refractivity (Wildman–Crippen MR) is 171 cm³/mol. The Balaban J connectivity index is 1.84. The Morgan fingerprint density at radius 3 is 2.20 bits per heavy atom. The summed E-state index contributed by atoms with van der Waals surface area (Å²) in [4.78, 5) is 41.9. The molecule has 0 amide bonds. The molecular formula is C35H50O10Si. The molecule has 1 saturated heterocycles. The molecule has 2 saturated carbocycles. The zero-order chi connectivity index (χ0) is 34.4. The Morgan fingerprint density at radius 2 is 1.67 bits per heavy atom. The molecule has 1 aromatic carbocycles. The highest BCUT2D eigenvalue weighted by Crippen LogP contribution is 2.65. The van der Waals surface area contributed by atoms with E-state index in [1.807, 2.05) is 0 Å². The second-order valence-corrected chi connectivity index (χ2v) is 20.8. The van der Waals surface area contributed by atoms with Gasteiger partial charge in [-0.1, -0.05) is 52.8 Å². The number of carbonyl (C=O) groups excluding carboxylic acids is 3. The quantitative estimate of drug-likeness (QED) is 0.240. The second-order valence-electron chi connectivity index (χ2n) is 16.0. The van der Waals surface area contributed by atoms with E-state index in [2.05, 4.69) is 33.9 Å². The molecule has 1 aromatic rings. The molecule has 11 heteroatoms. The van der Waals surface area contributed by atoms with Gasteiger partial charge < -0.3 is 34.0 Å². The lowest BCUT2D eigenvalue weighted by Gasteiger charge is -2.68. The van der Waals surface area contributed by atoms with Crippen LogP contribution in [0.1, 0.15) is 78.6 Å². The fraction of sp³-hybridized carbons (Fsp3) is 0.686. The molecule has 5 rings (SSSR count). The van der Waals surface area contributed by atoms with Crippen LogP contribution in [0.3, 0.4) is 0 Å². The summed E-state index contributed by atoms with van der Waals surface area (Å²) >= 11 is 0. The van der Waals surface area contributed by atoms with Crippen molar-refractivity contribution in [3.8, 4) is 0 Å². The lowest BCUT2D eigenvalue weighted by molar-refractivity contribution is -0.344. The molecular weight excluding hydrogens is 608 g/mol. The topological polar surface area (TPSA) is 149 Å². The van der Waals surface area contributed by atoms with Gasteiger partial charge in [0.15, 0.2) is 19.7 Å². The highest BCUT2D eigenvalue weighted by Gasteiger charge is 2.78. The summed E-state index contributed by atoms with van der Waals surface area (Å²) in [7, 11) is -2.61. The van der Waals surface area contributed by atoms with Crippen molar-refractivity contribution in [1.82, 2.24) is 0 Å². The lowest BCUT2D eigenvalue weighted by Crippen LogP contribution is -2.82. The normalized spacial score (nSPS) is 38.8. The van der Waals surface area contributed by atoms with Gasteiger partial charge >= 0.3 is 11.9 Å². The Labute approximate surface area is 272 Å². The first-order valence-electron chi connectivity index (χ1n) is 16.1. The predicted octanol–water partition coefficient (Wildman–Crippen LogP) is 4.11. The van der Waals surface area contributed by atoms with Gasteiger partial charge in [0, 0.05) is 25.2 Å². The van der Waals surface area contributed by atoms with Gasteiger partial charge in [0.05, 0.1) is 35.7 Å². The largest absolute Gasteiger partial charge is 0.455 e. The van der Waals surface area contributed by atoms with E-state index < -0.39 is 84.5 Å². The monoisotopic (exact) mass is 658 g/mol. The van der Waals surface area contributed by atoms with Gasteiger partial charge in [0.2, 0.25) is 0 Å². The molecule has 1 heterocycles. The molecule has 4 aliphatic rings. The minimum atomic E-state index is -2.61. The Kier molecular flexibility index (Phi) is 8.40. The number of benzene rings is 1. The van der Waals surface area contributed by atoms with Gasteiger partial charge in [-0.05, 0) is 55.3 Å². The zero-order valence-electron chi connectivity index (χ0n) is 28.7. The summed E-state index contributed by atoms with van der Waals surface area (Å²) in [5, 5.41) is 36.2. The van der Waals surface area contributed by atoms with Crippen LogP contribution < -0.4 is 0 Å². The van der Waals surface area contributed by atoms with Crippen molar-refractivity contribution in [2.24, 2.45) is 16.7 Å². The fourth-order valence-corrected chi connectivity index (χ4v) is 9.75. The number of ketones is 1. The van der Waals surface area contributed by atoms with Gasteiger partial charge in [0.25, 0.3) is 0 Å². The van der Waals surface area contributed by atoms with E-state index in [0.717, 1.165) is 0 Å². The molecule has 46 heavy (non-hydrogen) atoms. The molecule has 0 spiro atoms. The SMILES string of the molecule is CC(=O)O[C@@]12CO[C@@H]1C[C@H](O[Si](C)(C)C(C)(C)C)[C@@]1(C)C(=O)[C@H](O)C3=C(C)[C@@H](O)C[C@@](O)(C(OC(=O)c4ccccc4)C12)C3(C)C. The molecule has 2 unspecified atom stereocenters. The van der Waals surface area contributed by atoms with E-state index in [-0.39, 0.29) is 35.6 Å². The number of fused-ring (bicyclic) bond motifs is 5. The van der Waals surface area contributed by atoms with Gasteiger partial charge in [0.1, 0.15) is 23.9 Å². The maximum atomic E-state index is 15.1. The number of carbonyl (C=O) groups is 3. The summed E-state index contributed by atoms with van der Waals surface area (Å²) in [5.74, 6) is -3.22. The summed E-state index contributed by atoms with van der Waals surface area (Å²) in [6.07, 6.45) is -6.18. The van der Waals surface area contributed by atoms with Gasteiger partial charge in [-0.2, -0.15) is 0 Å². The number of aliphatic hydroxyl groups excluding tert-OH is 2. The van der Waals surface area contributed by atoms with Crippen LogP contribution in [0.4, 0.5) is 0 Å². The van der Waals surface area contributed by atoms with Crippen molar-refractivity contribution < 1.29 is 48.3 Å². The number of ether oxygens (including phenoxy) is 3. The van der Waals surface area contributed by atoms with E-state index >= 15 is 4.79 Å². The first-order valence-corrected chi connectivity index (χ1v) is 19.1. The highest BCUT2D eigenvalue weighted by molar-refractivity contribution is 6.74. The molecule has 10 nitrogen and oxygen atoms in total. The van der Waals surface area contributed by atoms with Crippen LogP contribution in [-0.2, 0) is 28.2 Å².